The first kappa shape index (κ1) is 10.3. The molecule has 2 heterocycles. The van der Waals surface area contributed by atoms with Crippen LogP contribution in [-0.4, -0.2) is 28.9 Å². The maximum atomic E-state index is 14.1. The van der Waals surface area contributed by atoms with Crippen molar-refractivity contribution in [1.82, 2.24) is 9.88 Å². The summed E-state index contributed by atoms with van der Waals surface area (Å²) in [6.07, 6.45) is 2.02. The first-order chi connectivity index (χ1) is 8.27. The standard InChI is InChI=1S/C13H13FN2O/c14-11-9-5-1-2-6-10(9)15-12(11)13(17)16-7-3-4-8-16/h1-2,5-6,15H,3-4,7-8H2. The number of halogens is 1. The van der Waals surface area contributed by atoms with E-state index in [0.29, 0.717) is 10.9 Å². The van der Waals surface area contributed by atoms with Crippen LogP contribution in [0.3, 0.4) is 0 Å². The Bertz CT molecular complexity index is 570. The highest BCUT2D eigenvalue weighted by molar-refractivity contribution is 5.98. The van der Waals surface area contributed by atoms with Gasteiger partial charge in [-0.15, -0.1) is 0 Å². The highest BCUT2D eigenvalue weighted by Crippen LogP contribution is 2.22. The van der Waals surface area contributed by atoms with Gasteiger partial charge in [-0.2, -0.15) is 0 Å². The van der Waals surface area contributed by atoms with Crippen LogP contribution in [0.5, 0.6) is 0 Å². The number of hydrogen-bond donors (Lipinski definition) is 1. The van der Waals surface area contributed by atoms with Crippen molar-refractivity contribution in [3.63, 3.8) is 0 Å². The van der Waals surface area contributed by atoms with E-state index in [1.807, 2.05) is 6.07 Å². The third-order valence-corrected chi connectivity index (χ3v) is 3.25. The summed E-state index contributed by atoms with van der Waals surface area (Å²) in [6.45, 7) is 1.46. The highest BCUT2D eigenvalue weighted by atomic mass is 19.1. The average Bonchev–Trinajstić information content (AvgIpc) is 2.97. The number of rotatable bonds is 1. The number of H-pyrrole nitrogens is 1. The van der Waals surface area contributed by atoms with E-state index < -0.39 is 5.82 Å². The fraction of sp³-hybridized carbons (Fsp3) is 0.308. The number of nitrogens with one attached hydrogen (secondary N) is 1. The van der Waals surface area contributed by atoms with E-state index in [2.05, 4.69) is 4.98 Å². The molecular formula is C13H13FN2O. The molecule has 0 aliphatic carbocycles. The van der Waals surface area contributed by atoms with Crippen molar-refractivity contribution in [2.75, 3.05) is 13.1 Å². The molecule has 0 saturated carbocycles. The second kappa shape index (κ2) is 3.87. The summed E-state index contributed by atoms with van der Waals surface area (Å²) in [5, 5.41) is 0.482. The quantitative estimate of drug-likeness (QED) is 0.805. The van der Waals surface area contributed by atoms with Crippen LogP contribution in [0.4, 0.5) is 4.39 Å². The Morgan fingerprint density at radius 2 is 1.94 bits per heavy atom. The Balaban J connectivity index is 2.05. The molecule has 3 nitrogen and oxygen atoms in total. The molecule has 1 amide bonds. The molecule has 0 radical (unpaired) electrons. The maximum absolute atomic E-state index is 14.1. The van der Waals surface area contributed by atoms with Crippen molar-refractivity contribution in [3.8, 4) is 0 Å². The monoisotopic (exact) mass is 232 g/mol. The summed E-state index contributed by atoms with van der Waals surface area (Å²) < 4.78 is 14.1. The Morgan fingerprint density at radius 1 is 1.24 bits per heavy atom. The molecule has 1 saturated heterocycles. The molecule has 2 aromatic rings. The maximum Gasteiger partial charge on any atom is 0.273 e. The summed E-state index contributed by atoms with van der Waals surface area (Å²) in [4.78, 5) is 16.7. The zero-order valence-electron chi connectivity index (χ0n) is 9.37. The van der Waals surface area contributed by atoms with Crippen LogP contribution in [0.25, 0.3) is 10.9 Å². The number of aromatic nitrogens is 1. The number of carbonyl (C=O) groups is 1. The SMILES string of the molecule is O=C(c1[nH]c2ccccc2c1F)N1CCCC1. The van der Waals surface area contributed by atoms with E-state index in [1.54, 1.807) is 23.1 Å². The van der Waals surface area contributed by atoms with Crippen LogP contribution in [-0.2, 0) is 0 Å². The van der Waals surface area contributed by atoms with Gasteiger partial charge in [0.1, 0.15) is 5.69 Å². The summed E-state index contributed by atoms with van der Waals surface area (Å²) in [5.74, 6) is -0.659. The third-order valence-electron chi connectivity index (χ3n) is 3.25. The van der Waals surface area contributed by atoms with E-state index in [4.69, 9.17) is 0 Å². The second-order valence-corrected chi connectivity index (χ2v) is 4.36. The Labute approximate surface area is 98.2 Å². The summed E-state index contributed by atoms with van der Waals surface area (Å²) in [6, 6.07) is 7.05. The Morgan fingerprint density at radius 3 is 2.65 bits per heavy atom. The van der Waals surface area contributed by atoms with Gasteiger partial charge in [0.2, 0.25) is 0 Å². The van der Waals surface area contributed by atoms with Crippen molar-refractivity contribution in [3.05, 3.63) is 35.8 Å². The zero-order chi connectivity index (χ0) is 11.8. The molecular weight excluding hydrogens is 219 g/mol. The first-order valence-corrected chi connectivity index (χ1v) is 5.83. The van der Waals surface area contributed by atoms with Crippen molar-refractivity contribution in [2.24, 2.45) is 0 Å². The molecule has 1 aromatic heterocycles. The van der Waals surface area contributed by atoms with Gasteiger partial charge in [-0.25, -0.2) is 4.39 Å². The Kier molecular flexibility index (Phi) is 2.35. The summed E-state index contributed by atoms with van der Waals surface area (Å²) in [5.41, 5.74) is 0.764. The van der Waals surface area contributed by atoms with Crippen molar-refractivity contribution in [1.29, 1.82) is 0 Å². The summed E-state index contributed by atoms with van der Waals surface area (Å²) >= 11 is 0. The zero-order valence-corrected chi connectivity index (χ0v) is 9.37. The van der Waals surface area contributed by atoms with E-state index in [1.165, 1.54) is 0 Å². The van der Waals surface area contributed by atoms with Gasteiger partial charge in [-0.05, 0) is 25.0 Å². The van der Waals surface area contributed by atoms with Gasteiger partial charge in [0.15, 0.2) is 5.82 Å². The number of aromatic amines is 1. The lowest BCUT2D eigenvalue weighted by atomic mass is 10.2. The van der Waals surface area contributed by atoms with Gasteiger partial charge >= 0.3 is 0 Å². The molecule has 0 bridgehead atoms. The van der Waals surface area contributed by atoms with Gasteiger partial charge in [0, 0.05) is 24.0 Å². The molecule has 0 spiro atoms. The topological polar surface area (TPSA) is 36.1 Å². The van der Waals surface area contributed by atoms with Crippen molar-refractivity contribution >= 4 is 16.8 Å². The minimum absolute atomic E-state index is 0.0908. The van der Waals surface area contributed by atoms with Crippen LogP contribution < -0.4 is 0 Å². The van der Waals surface area contributed by atoms with Crippen LogP contribution >= 0.6 is 0 Å². The molecule has 1 N–H and O–H groups in total. The van der Waals surface area contributed by atoms with Gasteiger partial charge < -0.3 is 9.88 Å². The Hall–Kier alpha value is -1.84. The number of amides is 1. The molecule has 17 heavy (non-hydrogen) atoms. The lowest BCUT2D eigenvalue weighted by molar-refractivity contribution is 0.0783. The fourth-order valence-corrected chi connectivity index (χ4v) is 2.33. The molecule has 1 aromatic carbocycles. The van der Waals surface area contributed by atoms with Crippen molar-refractivity contribution in [2.45, 2.75) is 12.8 Å². The number of benzene rings is 1. The molecule has 3 rings (SSSR count). The van der Waals surface area contributed by atoms with Crippen LogP contribution in [0.1, 0.15) is 23.3 Å². The van der Waals surface area contributed by atoms with Gasteiger partial charge in [0.05, 0.1) is 0 Å². The molecule has 88 valence electrons. The van der Waals surface area contributed by atoms with E-state index in [0.717, 1.165) is 25.9 Å². The molecule has 0 unspecified atom stereocenters. The van der Waals surface area contributed by atoms with Crippen LogP contribution in [0, 0.1) is 5.82 Å². The largest absolute Gasteiger partial charge is 0.348 e. The predicted octanol–water partition coefficient (Wildman–Crippen LogP) is 2.54. The smallest absolute Gasteiger partial charge is 0.273 e. The van der Waals surface area contributed by atoms with Gasteiger partial charge in [-0.1, -0.05) is 12.1 Å². The third kappa shape index (κ3) is 1.60. The average molecular weight is 232 g/mol. The van der Waals surface area contributed by atoms with Crippen LogP contribution in [0.15, 0.2) is 24.3 Å². The first-order valence-electron chi connectivity index (χ1n) is 5.83. The number of nitrogens with zero attached hydrogens (tertiary/aromatic N) is 1. The molecule has 0 atom stereocenters. The predicted molar refractivity (Wildman–Crippen MR) is 63.4 cm³/mol. The van der Waals surface area contributed by atoms with Gasteiger partial charge in [-0.3, -0.25) is 4.79 Å². The number of carbonyl (C=O) groups excluding carboxylic acids is 1. The van der Waals surface area contributed by atoms with Gasteiger partial charge in [0.25, 0.3) is 5.91 Å². The van der Waals surface area contributed by atoms with Crippen molar-refractivity contribution < 1.29 is 9.18 Å². The van der Waals surface area contributed by atoms with E-state index in [-0.39, 0.29) is 11.6 Å². The minimum atomic E-state index is -0.433. The lowest BCUT2D eigenvalue weighted by Crippen LogP contribution is -2.28. The minimum Gasteiger partial charge on any atom is -0.348 e. The normalized spacial score (nSPS) is 15.7. The second-order valence-electron chi connectivity index (χ2n) is 4.36. The fourth-order valence-electron chi connectivity index (χ4n) is 2.33. The highest BCUT2D eigenvalue weighted by Gasteiger charge is 2.24. The van der Waals surface area contributed by atoms with E-state index >= 15 is 0 Å². The molecule has 1 aliphatic heterocycles. The molecule has 1 aliphatic rings. The lowest BCUT2D eigenvalue weighted by Gasteiger charge is -2.13. The number of para-hydroxylation sites is 1. The molecule has 4 heteroatoms. The number of fused-ring (bicyclic) bond motifs is 1. The van der Waals surface area contributed by atoms with E-state index in [9.17, 15) is 9.18 Å². The number of hydrogen-bond acceptors (Lipinski definition) is 1. The molecule has 1 fully saturated rings. The summed E-state index contributed by atoms with van der Waals surface area (Å²) in [7, 11) is 0. The van der Waals surface area contributed by atoms with Crippen LogP contribution in [0.2, 0.25) is 0 Å². The number of likely N-dealkylation sites (tertiary alicyclic amines) is 1.